The predicted molar refractivity (Wildman–Crippen MR) is 123 cm³/mol. The van der Waals surface area contributed by atoms with E-state index in [0.717, 1.165) is 29.9 Å². The van der Waals surface area contributed by atoms with Crippen LogP contribution in [0.2, 0.25) is 0 Å². The van der Waals surface area contributed by atoms with Gasteiger partial charge in [-0.1, -0.05) is 54.6 Å². The van der Waals surface area contributed by atoms with Gasteiger partial charge in [0.25, 0.3) is 0 Å². The molecule has 4 nitrogen and oxygen atoms in total. The molecule has 0 saturated carbocycles. The third kappa shape index (κ3) is 7.58. The third-order valence-electron chi connectivity index (χ3n) is 5.08. The summed E-state index contributed by atoms with van der Waals surface area (Å²) < 4.78 is 16.8. The summed E-state index contributed by atoms with van der Waals surface area (Å²) in [6.45, 7) is 2.73. The van der Waals surface area contributed by atoms with Crippen molar-refractivity contribution in [3.8, 4) is 11.5 Å². The fourth-order valence-corrected chi connectivity index (χ4v) is 3.30. The summed E-state index contributed by atoms with van der Waals surface area (Å²) in [4.78, 5) is 11.5. The molecule has 0 aromatic heterocycles. The van der Waals surface area contributed by atoms with Gasteiger partial charge in [-0.25, -0.2) is 0 Å². The molecule has 0 fully saturated rings. The molecule has 0 spiro atoms. The first-order valence-electron chi connectivity index (χ1n) is 10.6. The fourth-order valence-electron chi connectivity index (χ4n) is 3.30. The Balaban J connectivity index is 1.35. The maximum Gasteiger partial charge on any atom is 0.158 e. The number of carbonyl (C=O) groups excluding carboxylic acids is 1. The molecule has 0 N–H and O–H groups in total. The maximum atomic E-state index is 11.5. The van der Waals surface area contributed by atoms with Crippen LogP contribution in [-0.2, 0) is 22.4 Å². The third-order valence-corrected chi connectivity index (χ3v) is 5.08. The van der Waals surface area contributed by atoms with Crippen LogP contribution < -0.4 is 9.47 Å². The van der Waals surface area contributed by atoms with Gasteiger partial charge in [0.2, 0.25) is 0 Å². The van der Waals surface area contributed by atoms with Crippen LogP contribution in [0, 0.1) is 0 Å². The largest absolute Gasteiger partial charge is 0.493 e. The van der Waals surface area contributed by atoms with Crippen LogP contribution in [0.1, 0.15) is 30.0 Å². The second kappa shape index (κ2) is 11.9. The van der Waals surface area contributed by atoms with Gasteiger partial charge < -0.3 is 14.2 Å². The molecule has 0 heterocycles. The van der Waals surface area contributed by atoms with Crippen molar-refractivity contribution in [2.24, 2.45) is 0 Å². The van der Waals surface area contributed by atoms with E-state index >= 15 is 0 Å². The molecule has 0 radical (unpaired) electrons. The Hall–Kier alpha value is -3.11. The minimum atomic E-state index is -0.392. The van der Waals surface area contributed by atoms with Crippen molar-refractivity contribution in [1.29, 1.82) is 0 Å². The van der Waals surface area contributed by atoms with E-state index in [1.807, 2.05) is 42.5 Å². The van der Waals surface area contributed by atoms with Crippen LogP contribution in [0.4, 0.5) is 0 Å². The van der Waals surface area contributed by atoms with Crippen LogP contribution in [0.15, 0.2) is 78.9 Å². The predicted octanol–water partition coefficient (Wildman–Crippen LogP) is 5.27. The van der Waals surface area contributed by atoms with Crippen molar-refractivity contribution in [2.75, 3.05) is 20.3 Å². The van der Waals surface area contributed by atoms with Crippen molar-refractivity contribution >= 4 is 5.78 Å². The number of hydrogen-bond acceptors (Lipinski definition) is 4. The lowest BCUT2D eigenvalue weighted by Gasteiger charge is -2.12. The zero-order chi connectivity index (χ0) is 21.9. The van der Waals surface area contributed by atoms with Crippen LogP contribution in [-0.4, -0.2) is 32.2 Å². The van der Waals surface area contributed by atoms with E-state index in [-0.39, 0.29) is 5.78 Å². The topological polar surface area (TPSA) is 44.8 Å². The molecule has 3 aromatic carbocycles. The summed E-state index contributed by atoms with van der Waals surface area (Å²) in [5.74, 6) is 1.72. The Bertz CT molecular complexity index is 918. The second-order valence-corrected chi connectivity index (χ2v) is 7.54. The quantitative estimate of drug-likeness (QED) is 0.376. The summed E-state index contributed by atoms with van der Waals surface area (Å²) in [5, 5.41) is 0. The van der Waals surface area contributed by atoms with Gasteiger partial charge in [0.15, 0.2) is 5.78 Å². The molecule has 162 valence electrons. The highest BCUT2D eigenvalue weighted by Crippen LogP contribution is 2.17. The number of carbonyl (C=O) groups is 1. The average Bonchev–Trinajstić information content (AvgIpc) is 2.80. The Morgan fingerprint density at radius 2 is 1.26 bits per heavy atom. The van der Waals surface area contributed by atoms with Gasteiger partial charge in [-0.15, -0.1) is 0 Å². The summed E-state index contributed by atoms with van der Waals surface area (Å²) in [7, 11) is 1.56. The molecule has 0 unspecified atom stereocenters. The van der Waals surface area contributed by atoms with E-state index in [4.69, 9.17) is 14.2 Å². The van der Waals surface area contributed by atoms with Crippen molar-refractivity contribution in [3.05, 3.63) is 95.6 Å². The van der Waals surface area contributed by atoms with Crippen molar-refractivity contribution in [1.82, 2.24) is 0 Å². The van der Waals surface area contributed by atoms with Gasteiger partial charge in [0, 0.05) is 20.0 Å². The molecule has 0 amide bonds. The summed E-state index contributed by atoms with van der Waals surface area (Å²) in [6.07, 6.45) is 1.90. The van der Waals surface area contributed by atoms with Crippen molar-refractivity contribution in [2.45, 2.75) is 32.3 Å². The summed E-state index contributed by atoms with van der Waals surface area (Å²) >= 11 is 0. The second-order valence-electron chi connectivity index (χ2n) is 7.54. The number of hydrogen-bond donors (Lipinski definition) is 0. The first kappa shape index (κ1) is 22.6. The van der Waals surface area contributed by atoms with E-state index in [2.05, 4.69) is 36.4 Å². The first-order chi connectivity index (χ1) is 15.1. The molecule has 3 rings (SSSR count). The Morgan fingerprint density at radius 3 is 1.77 bits per heavy atom. The molecule has 31 heavy (non-hydrogen) atoms. The minimum absolute atomic E-state index is 0.0358. The van der Waals surface area contributed by atoms with E-state index in [1.54, 1.807) is 14.0 Å². The highest BCUT2D eigenvalue weighted by atomic mass is 16.5. The highest BCUT2D eigenvalue weighted by Gasteiger charge is 2.13. The summed E-state index contributed by atoms with van der Waals surface area (Å²) in [5.41, 5.74) is 3.62. The molecule has 0 aliphatic heterocycles. The molecule has 0 aliphatic rings. The van der Waals surface area contributed by atoms with E-state index in [0.29, 0.717) is 19.6 Å². The number of Topliss-reactive ketones (excluding diaryl/α,β-unsaturated/α-hetero) is 1. The molecule has 3 aromatic rings. The van der Waals surface area contributed by atoms with E-state index in [9.17, 15) is 4.79 Å². The van der Waals surface area contributed by atoms with Gasteiger partial charge in [-0.05, 0) is 54.3 Å². The van der Waals surface area contributed by atoms with Gasteiger partial charge in [0.05, 0.1) is 13.2 Å². The van der Waals surface area contributed by atoms with E-state index < -0.39 is 6.10 Å². The number of methoxy groups -OCH3 is 1. The van der Waals surface area contributed by atoms with Gasteiger partial charge >= 0.3 is 0 Å². The molecule has 4 heteroatoms. The standard InChI is InChI=1S/C27H30O4/c1-21(28)27(29-2)20-24-11-15-26(16-12-24)31-18-6-17-30-25-13-9-23(10-14-25)19-22-7-4-3-5-8-22/h3-5,7-16,27H,6,17-20H2,1-2H3/t27-/m0/s1. The minimum Gasteiger partial charge on any atom is -0.493 e. The van der Waals surface area contributed by atoms with Crippen LogP contribution in [0.3, 0.4) is 0 Å². The smallest absolute Gasteiger partial charge is 0.158 e. The Kier molecular flexibility index (Phi) is 8.68. The average molecular weight is 419 g/mol. The van der Waals surface area contributed by atoms with Gasteiger partial charge in [0.1, 0.15) is 17.6 Å². The van der Waals surface area contributed by atoms with Gasteiger partial charge in [-0.2, -0.15) is 0 Å². The number of ketones is 1. The first-order valence-corrected chi connectivity index (χ1v) is 10.6. The van der Waals surface area contributed by atoms with Crippen molar-refractivity contribution in [3.63, 3.8) is 0 Å². The fraction of sp³-hybridized carbons (Fsp3) is 0.296. The Morgan fingerprint density at radius 1 is 0.742 bits per heavy atom. The molecule has 0 saturated heterocycles. The van der Waals surface area contributed by atoms with Crippen LogP contribution >= 0.6 is 0 Å². The number of rotatable bonds is 12. The zero-order valence-electron chi connectivity index (χ0n) is 18.3. The maximum absolute atomic E-state index is 11.5. The lowest BCUT2D eigenvalue weighted by Crippen LogP contribution is -2.22. The summed E-state index contributed by atoms with van der Waals surface area (Å²) in [6, 6.07) is 26.5. The SMILES string of the molecule is CO[C@@H](Cc1ccc(OCCCOc2ccc(Cc3ccccc3)cc2)cc1)C(C)=O. The highest BCUT2D eigenvalue weighted by molar-refractivity contribution is 5.80. The Labute approximate surface area is 184 Å². The van der Waals surface area contributed by atoms with Crippen LogP contribution in [0.25, 0.3) is 0 Å². The number of benzene rings is 3. The zero-order valence-corrected chi connectivity index (χ0v) is 18.3. The van der Waals surface area contributed by atoms with Crippen molar-refractivity contribution < 1.29 is 19.0 Å². The lowest BCUT2D eigenvalue weighted by atomic mass is 10.1. The van der Waals surface area contributed by atoms with Crippen LogP contribution in [0.5, 0.6) is 11.5 Å². The molecule has 0 aliphatic carbocycles. The van der Waals surface area contributed by atoms with E-state index in [1.165, 1.54) is 11.1 Å². The lowest BCUT2D eigenvalue weighted by molar-refractivity contribution is -0.126. The molecular weight excluding hydrogens is 388 g/mol. The molecular formula is C27H30O4. The normalized spacial score (nSPS) is 11.7. The van der Waals surface area contributed by atoms with Gasteiger partial charge in [-0.3, -0.25) is 4.79 Å². The number of ether oxygens (including phenoxy) is 3. The molecule has 0 bridgehead atoms. The molecule has 1 atom stereocenters. The monoisotopic (exact) mass is 418 g/mol.